The van der Waals surface area contributed by atoms with Crippen molar-refractivity contribution < 1.29 is 22.7 Å². The maximum atomic E-state index is 12.8. The van der Waals surface area contributed by atoms with Gasteiger partial charge in [-0.25, -0.2) is 0 Å². The van der Waals surface area contributed by atoms with E-state index in [1.807, 2.05) is 18.2 Å². The van der Waals surface area contributed by atoms with Crippen molar-refractivity contribution in [2.24, 2.45) is 5.92 Å². The summed E-state index contributed by atoms with van der Waals surface area (Å²) in [5, 5.41) is 0. The molecule has 6 heteroatoms. The first kappa shape index (κ1) is 16.1. The second-order valence-corrected chi connectivity index (χ2v) is 6.32. The number of ether oxygens (including phenoxy) is 1. The van der Waals surface area contributed by atoms with Gasteiger partial charge in [0, 0.05) is 18.7 Å². The Balaban J connectivity index is 1.75. The lowest BCUT2D eigenvalue weighted by Gasteiger charge is -2.31. The summed E-state index contributed by atoms with van der Waals surface area (Å²) < 4.78 is 43.2. The van der Waals surface area contributed by atoms with Crippen molar-refractivity contribution in [3.05, 3.63) is 29.8 Å². The Kier molecular flexibility index (Phi) is 4.50. The number of amides is 1. The van der Waals surface area contributed by atoms with Gasteiger partial charge < -0.3 is 9.64 Å². The van der Waals surface area contributed by atoms with Gasteiger partial charge >= 0.3 is 6.18 Å². The molecular formula is C17H20F3NO2. The second-order valence-electron chi connectivity index (χ2n) is 6.32. The van der Waals surface area contributed by atoms with Crippen molar-refractivity contribution in [3.8, 4) is 5.75 Å². The Morgan fingerprint density at radius 1 is 1.22 bits per heavy atom. The van der Waals surface area contributed by atoms with Crippen molar-refractivity contribution in [1.29, 1.82) is 0 Å². The van der Waals surface area contributed by atoms with Crippen LogP contribution < -0.4 is 4.74 Å². The number of alkyl halides is 3. The molecule has 1 fully saturated rings. The molecule has 0 saturated heterocycles. The van der Waals surface area contributed by atoms with E-state index in [-0.39, 0.29) is 12.5 Å². The highest BCUT2D eigenvalue weighted by atomic mass is 19.4. The summed E-state index contributed by atoms with van der Waals surface area (Å²) in [6.07, 6.45) is -2.67. The maximum Gasteiger partial charge on any atom is 0.390 e. The van der Waals surface area contributed by atoms with Gasteiger partial charge in [0.15, 0.2) is 0 Å². The number of rotatable bonds is 5. The Labute approximate surface area is 133 Å². The summed E-state index contributed by atoms with van der Waals surface area (Å²) in [7, 11) is 0. The van der Waals surface area contributed by atoms with Crippen molar-refractivity contribution in [2.75, 3.05) is 19.7 Å². The molecule has 1 saturated carbocycles. The number of halogens is 3. The summed E-state index contributed by atoms with van der Waals surface area (Å²) in [5.74, 6) is 0.436. The number of hydrogen-bond donors (Lipinski definition) is 0. The summed E-state index contributed by atoms with van der Waals surface area (Å²) >= 11 is 0. The van der Waals surface area contributed by atoms with E-state index >= 15 is 0 Å². The van der Waals surface area contributed by atoms with Crippen molar-refractivity contribution in [2.45, 2.75) is 37.8 Å². The zero-order valence-electron chi connectivity index (χ0n) is 12.8. The van der Waals surface area contributed by atoms with E-state index < -0.39 is 18.5 Å². The molecule has 1 aliphatic carbocycles. The molecule has 0 N–H and O–H groups in total. The quantitative estimate of drug-likeness (QED) is 0.824. The van der Waals surface area contributed by atoms with Gasteiger partial charge in [-0.2, -0.15) is 13.2 Å². The van der Waals surface area contributed by atoms with E-state index in [4.69, 9.17) is 4.74 Å². The predicted molar refractivity (Wildman–Crippen MR) is 79.3 cm³/mol. The Bertz CT molecular complexity index is 569. The fraction of sp³-hybridized carbons (Fsp3) is 0.588. The van der Waals surface area contributed by atoms with E-state index in [2.05, 4.69) is 0 Å². The standard InChI is InChI=1S/C17H20F3NO2/c18-17(19,20)8-9-21(11-12-5-6-12)16(22)14-7-10-23-15-4-2-1-3-13(14)15/h1-4,12,14H,5-11H2/t14-/m1/s1. The smallest absolute Gasteiger partial charge is 0.390 e. The first-order chi connectivity index (χ1) is 10.9. The van der Waals surface area contributed by atoms with Gasteiger partial charge in [0.2, 0.25) is 5.91 Å². The number of nitrogens with zero attached hydrogens (tertiary/aromatic N) is 1. The minimum atomic E-state index is -4.24. The fourth-order valence-electron chi connectivity index (χ4n) is 2.98. The largest absolute Gasteiger partial charge is 0.493 e. The van der Waals surface area contributed by atoms with Crippen LogP contribution in [0.5, 0.6) is 5.75 Å². The summed E-state index contributed by atoms with van der Waals surface area (Å²) in [5.41, 5.74) is 0.788. The molecule has 1 aromatic rings. The lowest BCUT2D eigenvalue weighted by Crippen LogP contribution is -2.40. The predicted octanol–water partition coefficient (Wildman–Crippen LogP) is 3.74. The van der Waals surface area contributed by atoms with Crippen LogP contribution in [0.15, 0.2) is 24.3 Å². The van der Waals surface area contributed by atoms with Crippen molar-refractivity contribution in [3.63, 3.8) is 0 Å². The molecule has 0 radical (unpaired) electrons. The molecule has 126 valence electrons. The van der Waals surface area contributed by atoms with Crippen LogP contribution in [-0.2, 0) is 4.79 Å². The third-order valence-corrected chi connectivity index (χ3v) is 4.41. The zero-order chi connectivity index (χ0) is 16.4. The van der Waals surface area contributed by atoms with Crippen molar-refractivity contribution >= 4 is 5.91 Å². The third kappa shape index (κ3) is 4.18. The van der Waals surface area contributed by atoms with Gasteiger partial charge in [0.25, 0.3) is 0 Å². The SMILES string of the molecule is O=C([C@@H]1CCOc2ccccc21)N(CCC(F)(F)F)CC1CC1. The van der Waals surface area contributed by atoms with Crippen LogP contribution in [0.25, 0.3) is 0 Å². The molecule has 0 spiro atoms. The topological polar surface area (TPSA) is 29.5 Å². The molecule has 2 aliphatic rings. The van der Waals surface area contributed by atoms with Crippen molar-refractivity contribution in [1.82, 2.24) is 4.90 Å². The number of hydrogen-bond acceptors (Lipinski definition) is 2. The summed E-state index contributed by atoms with van der Waals surface area (Å²) in [6, 6.07) is 7.29. The van der Waals surface area contributed by atoms with E-state index in [0.717, 1.165) is 18.4 Å². The Morgan fingerprint density at radius 3 is 2.65 bits per heavy atom. The molecule has 23 heavy (non-hydrogen) atoms. The molecule has 1 heterocycles. The van der Waals surface area contributed by atoms with Gasteiger partial charge in [0.05, 0.1) is 18.9 Å². The third-order valence-electron chi connectivity index (χ3n) is 4.41. The van der Waals surface area contributed by atoms with Gasteiger partial charge in [-0.15, -0.1) is 0 Å². The van der Waals surface area contributed by atoms with Gasteiger partial charge in [-0.3, -0.25) is 4.79 Å². The van der Waals surface area contributed by atoms with Gasteiger partial charge in [0.1, 0.15) is 5.75 Å². The lowest BCUT2D eigenvalue weighted by molar-refractivity contribution is -0.146. The highest BCUT2D eigenvalue weighted by Gasteiger charge is 2.36. The first-order valence-electron chi connectivity index (χ1n) is 8.01. The normalized spacial score (nSPS) is 20.6. The van der Waals surface area contributed by atoms with E-state index in [1.165, 1.54) is 4.90 Å². The van der Waals surface area contributed by atoms with Crippen LogP contribution in [0.1, 0.15) is 37.2 Å². The monoisotopic (exact) mass is 327 g/mol. The summed E-state index contributed by atoms with van der Waals surface area (Å²) in [4.78, 5) is 14.3. The molecule has 1 aliphatic heterocycles. The molecule has 1 atom stereocenters. The van der Waals surface area contributed by atoms with Crippen LogP contribution in [0.3, 0.4) is 0 Å². The second kappa shape index (κ2) is 6.42. The summed E-state index contributed by atoms with van der Waals surface area (Å²) in [6.45, 7) is 0.608. The number of fused-ring (bicyclic) bond motifs is 1. The fourth-order valence-corrected chi connectivity index (χ4v) is 2.98. The number of carbonyl (C=O) groups excluding carboxylic acids is 1. The molecule has 1 aromatic carbocycles. The lowest BCUT2D eigenvalue weighted by atomic mass is 9.91. The van der Waals surface area contributed by atoms with Crippen LogP contribution >= 0.6 is 0 Å². The maximum absolute atomic E-state index is 12.8. The van der Waals surface area contributed by atoms with E-state index in [9.17, 15) is 18.0 Å². The van der Waals surface area contributed by atoms with Crippen LogP contribution in [0.4, 0.5) is 13.2 Å². The Hall–Kier alpha value is -1.72. The average Bonchev–Trinajstić information content (AvgIpc) is 3.33. The van der Waals surface area contributed by atoms with Gasteiger partial charge in [-0.05, 0) is 31.2 Å². The van der Waals surface area contributed by atoms with E-state index in [1.54, 1.807) is 6.07 Å². The highest BCUT2D eigenvalue weighted by Crippen LogP contribution is 2.36. The first-order valence-corrected chi connectivity index (χ1v) is 8.01. The van der Waals surface area contributed by atoms with Crippen LogP contribution in [-0.4, -0.2) is 36.7 Å². The number of benzene rings is 1. The molecule has 3 nitrogen and oxygen atoms in total. The molecule has 3 rings (SSSR count). The molecular weight excluding hydrogens is 307 g/mol. The van der Waals surface area contributed by atoms with Crippen LogP contribution in [0.2, 0.25) is 0 Å². The minimum absolute atomic E-state index is 0.197. The van der Waals surface area contributed by atoms with Crippen LogP contribution in [0, 0.1) is 5.92 Å². The Morgan fingerprint density at radius 2 is 1.96 bits per heavy atom. The highest BCUT2D eigenvalue weighted by molar-refractivity contribution is 5.85. The molecule has 0 bridgehead atoms. The number of carbonyl (C=O) groups is 1. The molecule has 0 aromatic heterocycles. The average molecular weight is 327 g/mol. The molecule has 0 unspecified atom stereocenters. The zero-order valence-corrected chi connectivity index (χ0v) is 12.8. The number of para-hydroxylation sites is 1. The minimum Gasteiger partial charge on any atom is -0.493 e. The van der Waals surface area contributed by atoms with Gasteiger partial charge in [-0.1, -0.05) is 18.2 Å². The van der Waals surface area contributed by atoms with E-state index in [0.29, 0.717) is 31.2 Å². The molecule has 1 amide bonds.